The third-order valence-electron chi connectivity index (χ3n) is 4.38. The maximum absolute atomic E-state index is 12.3. The molecule has 2 amide bonds. The van der Waals surface area contributed by atoms with E-state index in [1.165, 1.54) is 0 Å². The average Bonchev–Trinajstić information content (AvgIpc) is 3.15. The van der Waals surface area contributed by atoms with E-state index in [1.54, 1.807) is 12.1 Å². The van der Waals surface area contributed by atoms with Crippen molar-refractivity contribution in [2.45, 2.75) is 33.4 Å². The number of rotatable bonds is 6. The van der Waals surface area contributed by atoms with Gasteiger partial charge in [0.25, 0.3) is 0 Å². The van der Waals surface area contributed by atoms with Gasteiger partial charge < -0.3 is 24.8 Å². The summed E-state index contributed by atoms with van der Waals surface area (Å²) in [6.07, 6.45) is 0. The number of benzene rings is 2. The summed E-state index contributed by atoms with van der Waals surface area (Å²) in [4.78, 5) is 24.5. The summed E-state index contributed by atoms with van der Waals surface area (Å²) in [5, 5.41) is 5.34. The van der Waals surface area contributed by atoms with Crippen molar-refractivity contribution >= 4 is 11.8 Å². The molecule has 0 spiro atoms. The lowest BCUT2D eigenvalue weighted by Crippen LogP contribution is -2.40. The molecule has 148 valence electrons. The maximum atomic E-state index is 12.3. The molecular formula is C21H24N2O5. The monoisotopic (exact) mass is 384 g/mol. The van der Waals surface area contributed by atoms with Gasteiger partial charge in [0.05, 0.1) is 12.6 Å². The zero-order valence-electron chi connectivity index (χ0n) is 16.2. The Kier molecular flexibility index (Phi) is 6.03. The molecule has 0 bridgehead atoms. The van der Waals surface area contributed by atoms with Crippen LogP contribution in [0, 0.1) is 6.92 Å². The summed E-state index contributed by atoms with van der Waals surface area (Å²) >= 11 is 0. The summed E-state index contributed by atoms with van der Waals surface area (Å²) in [6.45, 7) is 6.61. The second-order valence-corrected chi connectivity index (χ2v) is 6.54. The van der Waals surface area contributed by atoms with Crippen LogP contribution in [0.4, 0.5) is 0 Å². The van der Waals surface area contributed by atoms with Gasteiger partial charge in [0.1, 0.15) is 5.75 Å². The van der Waals surface area contributed by atoms with Crippen molar-refractivity contribution in [1.29, 1.82) is 0 Å². The number of nitrogens with one attached hydrogen (secondary N) is 2. The summed E-state index contributed by atoms with van der Waals surface area (Å²) in [5.41, 5.74) is 2.70. The van der Waals surface area contributed by atoms with Gasteiger partial charge >= 0.3 is 11.8 Å². The van der Waals surface area contributed by atoms with Crippen LogP contribution in [-0.4, -0.2) is 25.2 Å². The van der Waals surface area contributed by atoms with Crippen molar-refractivity contribution in [3.63, 3.8) is 0 Å². The minimum Gasteiger partial charge on any atom is -0.494 e. The van der Waals surface area contributed by atoms with Crippen molar-refractivity contribution < 1.29 is 23.8 Å². The van der Waals surface area contributed by atoms with Gasteiger partial charge in [-0.3, -0.25) is 9.59 Å². The minimum absolute atomic E-state index is 0.189. The summed E-state index contributed by atoms with van der Waals surface area (Å²) in [7, 11) is 0. The van der Waals surface area contributed by atoms with Crippen molar-refractivity contribution in [1.82, 2.24) is 10.6 Å². The van der Waals surface area contributed by atoms with Crippen LogP contribution in [0.3, 0.4) is 0 Å². The molecule has 0 fully saturated rings. The number of ether oxygens (including phenoxy) is 3. The number of amides is 2. The van der Waals surface area contributed by atoms with Crippen molar-refractivity contribution in [3.8, 4) is 17.2 Å². The van der Waals surface area contributed by atoms with Crippen LogP contribution in [0.15, 0.2) is 36.4 Å². The Bertz CT molecular complexity index is 881. The van der Waals surface area contributed by atoms with Crippen LogP contribution in [0.5, 0.6) is 17.2 Å². The molecule has 0 aromatic heterocycles. The van der Waals surface area contributed by atoms with E-state index >= 15 is 0 Å². The predicted molar refractivity (Wildman–Crippen MR) is 103 cm³/mol. The first-order valence-electron chi connectivity index (χ1n) is 9.18. The smallest absolute Gasteiger partial charge is 0.309 e. The van der Waals surface area contributed by atoms with Crippen molar-refractivity contribution in [2.75, 3.05) is 13.4 Å². The van der Waals surface area contributed by atoms with Gasteiger partial charge in [-0.05, 0) is 44.5 Å². The van der Waals surface area contributed by atoms with Crippen LogP contribution in [0.1, 0.15) is 36.6 Å². The molecule has 7 heteroatoms. The number of hydrogen-bond acceptors (Lipinski definition) is 5. The Hall–Kier alpha value is -3.22. The number of aryl methyl sites for hydroxylation is 1. The lowest BCUT2D eigenvalue weighted by atomic mass is 10.0. The molecular weight excluding hydrogens is 360 g/mol. The molecule has 1 unspecified atom stereocenters. The molecule has 0 aliphatic carbocycles. The molecule has 3 rings (SSSR count). The van der Waals surface area contributed by atoms with Crippen molar-refractivity contribution in [2.24, 2.45) is 0 Å². The maximum Gasteiger partial charge on any atom is 0.309 e. The number of carbonyl (C=O) groups is 2. The van der Waals surface area contributed by atoms with Crippen LogP contribution in [0.2, 0.25) is 0 Å². The molecule has 0 radical (unpaired) electrons. The Morgan fingerprint density at radius 1 is 1.11 bits per heavy atom. The van der Waals surface area contributed by atoms with E-state index in [4.69, 9.17) is 14.2 Å². The normalized spacial score (nSPS) is 13.0. The molecule has 28 heavy (non-hydrogen) atoms. The quantitative estimate of drug-likeness (QED) is 0.748. The molecule has 0 saturated carbocycles. The molecule has 1 atom stereocenters. The summed E-state index contributed by atoms with van der Waals surface area (Å²) < 4.78 is 16.2. The molecule has 1 aliphatic heterocycles. The SMILES string of the molecule is CCOc1ccc(C)cc1C(C)NC(=O)C(=O)NCc1ccc2c(c1)OCO2. The first kappa shape index (κ1) is 19.5. The highest BCUT2D eigenvalue weighted by atomic mass is 16.7. The van der Waals surface area contributed by atoms with E-state index in [0.717, 1.165) is 16.7 Å². The fourth-order valence-corrected chi connectivity index (χ4v) is 2.95. The molecule has 2 N–H and O–H groups in total. The third-order valence-corrected chi connectivity index (χ3v) is 4.38. The fraction of sp³-hybridized carbons (Fsp3) is 0.333. The highest BCUT2D eigenvalue weighted by Crippen LogP contribution is 2.32. The largest absolute Gasteiger partial charge is 0.494 e. The van der Waals surface area contributed by atoms with E-state index in [-0.39, 0.29) is 19.4 Å². The Morgan fingerprint density at radius 2 is 1.89 bits per heavy atom. The molecule has 7 nitrogen and oxygen atoms in total. The van der Waals surface area contributed by atoms with E-state index < -0.39 is 11.8 Å². The van der Waals surface area contributed by atoms with Crippen LogP contribution in [0.25, 0.3) is 0 Å². The zero-order chi connectivity index (χ0) is 20.1. The third kappa shape index (κ3) is 4.54. The van der Waals surface area contributed by atoms with Gasteiger partial charge in [-0.1, -0.05) is 23.8 Å². The summed E-state index contributed by atoms with van der Waals surface area (Å²) in [5.74, 6) is 0.603. The van der Waals surface area contributed by atoms with Crippen LogP contribution in [-0.2, 0) is 16.1 Å². The number of hydrogen-bond donors (Lipinski definition) is 2. The topological polar surface area (TPSA) is 85.9 Å². The molecule has 1 aliphatic rings. The fourth-order valence-electron chi connectivity index (χ4n) is 2.95. The molecule has 2 aromatic carbocycles. The van der Waals surface area contributed by atoms with Gasteiger partial charge in [0, 0.05) is 12.1 Å². The van der Waals surface area contributed by atoms with Gasteiger partial charge in [0.2, 0.25) is 6.79 Å². The number of carbonyl (C=O) groups excluding carboxylic acids is 2. The van der Waals surface area contributed by atoms with Gasteiger partial charge in [-0.2, -0.15) is 0 Å². The van der Waals surface area contributed by atoms with Crippen LogP contribution < -0.4 is 24.8 Å². The molecule has 2 aromatic rings. The highest BCUT2D eigenvalue weighted by Gasteiger charge is 2.20. The first-order valence-corrected chi connectivity index (χ1v) is 9.18. The second kappa shape index (κ2) is 8.65. The van der Waals surface area contributed by atoms with E-state index in [9.17, 15) is 9.59 Å². The van der Waals surface area contributed by atoms with Gasteiger partial charge in [-0.25, -0.2) is 0 Å². The molecule has 0 saturated heterocycles. The minimum atomic E-state index is -0.699. The zero-order valence-corrected chi connectivity index (χ0v) is 16.2. The van der Waals surface area contributed by atoms with Gasteiger partial charge in [-0.15, -0.1) is 0 Å². The Labute approximate surface area is 164 Å². The van der Waals surface area contributed by atoms with Gasteiger partial charge in [0.15, 0.2) is 11.5 Å². The first-order chi connectivity index (χ1) is 13.5. The second-order valence-electron chi connectivity index (χ2n) is 6.54. The Morgan fingerprint density at radius 3 is 2.68 bits per heavy atom. The van der Waals surface area contributed by atoms with E-state index in [0.29, 0.717) is 23.9 Å². The van der Waals surface area contributed by atoms with E-state index in [2.05, 4.69) is 10.6 Å². The predicted octanol–water partition coefficient (Wildman–Crippen LogP) is 2.62. The average molecular weight is 384 g/mol. The molecule has 1 heterocycles. The van der Waals surface area contributed by atoms with E-state index in [1.807, 2.05) is 45.0 Å². The Balaban J connectivity index is 1.58. The van der Waals surface area contributed by atoms with Crippen molar-refractivity contribution in [3.05, 3.63) is 53.1 Å². The van der Waals surface area contributed by atoms with Crippen LogP contribution >= 0.6 is 0 Å². The highest BCUT2D eigenvalue weighted by molar-refractivity contribution is 6.35. The number of fused-ring (bicyclic) bond motifs is 1. The lowest BCUT2D eigenvalue weighted by Gasteiger charge is -2.18. The lowest BCUT2D eigenvalue weighted by molar-refractivity contribution is -0.139. The standard InChI is InChI=1S/C21H24N2O5/c1-4-26-17-7-5-13(2)9-16(17)14(3)23-21(25)20(24)22-11-15-6-8-18-19(10-15)28-12-27-18/h5-10,14H,4,11-12H2,1-3H3,(H,22,24)(H,23,25). The summed E-state index contributed by atoms with van der Waals surface area (Å²) in [6, 6.07) is 10.8.